The number of benzene rings is 1. The summed E-state index contributed by atoms with van der Waals surface area (Å²) >= 11 is -0.0682. The summed E-state index contributed by atoms with van der Waals surface area (Å²) in [6.07, 6.45) is 0. The van der Waals surface area contributed by atoms with E-state index in [2.05, 4.69) is 5.32 Å². The van der Waals surface area contributed by atoms with Gasteiger partial charge in [-0.25, -0.2) is 0 Å². The normalized spacial score (nSPS) is 11.7. The molecule has 0 saturated heterocycles. The number of alkyl halides is 3. The lowest BCUT2D eigenvalue weighted by Crippen LogP contribution is -2.19. The third-order valence-corrected chi connectivity index (χ3v) is 3.39. The number of nitrogens with one attached hydrogen (secondary N) is 1. The van der Waals surface area contributed by atoms with Gasteiger partial charge in [0.25, 0.3) is 0 Å². The molecular formula is C14H20F3NO2S. The largest absolute Gasteiger partial charge is 0.492 e. The molecule has 0 bridgehead atoms. The smallest absolute Gasteiger partial charge is 0.441 e. The molecule has 0 unspecified atom stereocenters. The lowest BCUT2D eigenvalue weighted by molar-refractivity contribution is -0.0329. The Morgan fingerprint density at radius 2 is 2.00 bits per heavy atom. The summed E-state index contributed by atoms with van der Waals surface area (Å²) < 4.78 is 46.7. The van der Waals surface area contributed by atoms with Crippen LogP contribution in [0.1, 0.15) is 11.1 Å². The van der Waals surface area contributed by atoms with Gasteiger partial charge >= 0.3 is 5.51 Å². The van der Waals surface area contributed by atoms with Crippen LogP contribution in [0.3, 0.4) is 0 Å². The minimum atomic E-state index is -4.21. The number of aryl methyl sites for hydroxylation is 1. The molecule has 0 aliphatic heterocycles. The van der Waals surface area contributed by atoms with Crippen molar-refractivity contribution in [2.45, 2.75) is 19.0 Å². The summed E-state index contributed by atoms with van der Waals surface area (Å²) in [5, 5.41) is 3.19. The molecule has 0 radical (unpaired) electrons. The van der Waals surface area contributed by atoms with Gasteiger partial charge in [0.2, 0.25) is 0 Å². The Kier molecular flexibility index (Phi) is 7.92. The molecule has 0 aromatic heterocycles. The topological polar surface area (TPSA) is 30.5 Å². The molecule has 0 fully saturated rings. The SMILES string of the molecule is COCCNCc1cccc(C)c1OCCSC(F)(F)F. The van der Waals surface area contributed by atoms with Crippen molar-refractivity contribution in [3.05, 3.63) is 29.3 Å². The fraction of sp³-hybridized carbons (Fsp3) is 0.571. The molecule has 0 aliphatic rings. The predicted molar refractivity (Wildman–Crippen MR) is 78.8 cm³/mol. The number of halogens is 3. The third-order valence-electron chi connectivity index (χ3n) is 2.69. The van der Waals surface area contributed by atoms with E-state index in [0.29, 0.717) is 25.4 Å². The number of methoxy groups -OCH3 is 1. The molecule has 0 aliphatic carbocycles. The van der Waals surface area contributed by atoms with Gasteiger partial charge in [0, 0.05) is 31.5 Å². The number of ether oxygens (including phenoxy) is 2. The highest BCUT2D eigenvalue weighted by Crippen LogP contribution is 2.30. The number of thioether (sulfide) groups is 1. The van der Waals surface area contributed by atoms with Crippen molar-refractivity contribution in [3.63, 3.8) is 0 Å². The van der Waals surface area contributed by atoms with E-state index in [4.69, 9.17) is 9.47 Å². The van der Waals surface area contributed by atoms with Gasteiger partial charge < -0.3 is 14.8 Å². The second kappa shape index (κ2) is 9.17. The van der Waals surface area contributed by atoms with E-state index in [-0.39, 0.29) is 24.1 Å². The van der Waals surface area contributed by atoms with E-state index < -0.39 is 5.51 Å². The lowest BCUT2D eigenvalue weighted by atomic mass is 10.1. The number of rotatable bonds is 9. The lowest BCUT2D eigenvalue weighted by Gasteiger charge is -2.15. The molecule has 0 heterocycles. The Labute approximate surface area is 127 Å². The summed E-state index contributed by atoms with van der Waals surface area (Å²) in [7, 11) is 1.63. The van der Waals surface area contributed by atoms with Gasteiger partial charge in [0.1, 0.15) is 5.75 Å². The van der Waals surface area contributed by atoms with Crippen LogP contribution in [-0.4, -0.2) is 38.1 Å². The highest BCUT2D eigenvalue weighted by Gasteiger charge is 2.27. The maximum atomic E-state index is 12.1. The first-order valence-corrected chi connectivity index (χ1v) is 7.54. The number of hydrogen-bond acceptors (Lipinski definition) is 4. The van der Waals surface area contributed by atoms with Gasteiger partial charge in [-0.05, 0) is 24.2 Å². The molecule has 0 saturated carbocycles. The molecule has 0 amide bonds. The minimum absolute atomic E-state index is 0.0279. The van der Waals surface area contributed by atoms with Crippen molar-refractivity contribution >= 4 is 11.8 Å². The Morgan fingerprint density at radius 3 is 2.67 bits per heavy atom. The van der Waals surface area contributed by atoms with Crippen molar-refractivity contribution in [2.24, 2.45) is 0 Å². The zero-order chi connectivity index (χ0) is 15.7. The number of para-hydroxylation sites is 1. The fourth-order valence-corrected chi connectivity index (χ4v) is 2.16. The van der Waals surface area contributed by atoms with Gasteiger partial charge in [-0.2, -0.15) is 13.2 Å². The maximum Gasteiger partial charge on any atom is 0.441 e. The molecular weight excluding hydrogens is 303 g/mol. The molecule has 21 heavy (non-hydrogen) atoms. The predicted octanol–water partition coefficient (Wildman–Crippen LogP) is 3.36. The molecule has 1 N–H and O–H groups in total. The van der Waals surface area contributed by atoms with Crippen LogP contribution in [-0.2, 0) is 11.3 Å². The Morgan fingerprint density at radius 1 is 1.24 bits per heavy atom. The Bertz CT molecular complexity index is 427. The van der Waals surface area contributed by atoms with Crippen LogP contribution in [0.5, 0.6) is 5.75 Å². The van der Waals surface area contributed by atoms with Gasteiger partial charge in [0.05, 0.1) is 13.2 Å². The van der Waals surface area contributed by atoms with Crippen molar-refractivity contribution in [1.29, 1.82) is 0 Å². The average Bonchev–Trinajstić information content (AvgIpc) is 2.40. The fourth-order valence-electron chi connectivity index (χ4n) is 1.76. The van der Waals surface area contributed by atoms with E-state index in [1.165, 1.54) is 0 Å². The zero-order valence-electron chi connectivity index (χ0n) is 12.1. The number of hydrogen-bond donors (Lipinski definition) is 1. The average molecular weight is 323 g/mol. The van der Waals surface area contributed by atoms with Crippen LogP contribution in [0.25, 0.3) is 0 Å². The summed E-state index contributed by atoms with van der Waals surface area (Å²) in [6, 6.07) is 5.68. The minimum Gasteiger partial charge on any atom is -0.492 e. The van der Waals surface area contributed by atoms with Crippen molar-refractivity contribution in [1.82, 2.24) is 5.32 Å². The molecule has 0 atom stereocenters. The van der Waals surface area contributed by atoms with Crippen LogP contribution >= 0.6 is 11.8 Å². The molecule has 1 rings (SSSR count). The van der Waals surface area contributed by atoms with Crippen molar-refractivity contribution in [3.8, 4) is 5.75 Å². The first-order valence-electron chi connectivity index (χ1n) is 6.55. The van der Waals surface area contributed by atoms with E-state index >= 15 is 0 Å². The molecule has 3 nitrogen and oxygen atoms in total. The van der Waals surface area contributed by atoms with E-state index in [1.54, 1.807) is 7.11 Å². The third kappa shape index (κ3) is 7.59. The molecule has 0 spiro atoms. The van der Waals surface area contributed by atoms with E-state index in [0.717, 1.165) is 11.1 Å². The van der Waals surface area contributed by atoms with Gasteiger partial charge in [-0.3, -0.25) is 0 Å². The summed E-state index contributed by atoms with van der Waals surface area (Å²) in [5.74, 6) is 0.541. The highest BCUT2D eigenvalue weighted by molar-refractivity contribution is 8.00. The quantitative estimate of drug-likeness (QED) is 0.706. The van der Waals surface area contributed by atoms with Crippen LogP contribution in [0.4, 0.5) is 13.2 Å². The summed E-state index contributed by atoms with van der Waals surface area (Å²) in [6.45, 7) is 3.80. The van der Waals surface area contributed by atoms with Crippen LogP contribution < -0.4 is 10.1 Å². The van der Waals surface area contributed by atoms with Crippen LogP contribution in [0.15, 0.2) is 18.2 Å². The van der Waals surface area contributed by atoms with E-state index in [9.17, 15) is 13.2 Å². The van der Waals surface area contributed by atoms with Crippen molar-refractivity contribution in [2.75, 3.05) is 32.6 Å². The molecule has 1 aromatic rings. The molecule has 7 heteroatoms. The standard InChI is InChI=1S/C14H20F3NO2S/c1-11-4-3-5-12(10-18-6-7-19-2)13(11)20-8-9-21-14(15,16)17/h3-5,18H,6-10H2,1-2H3. The van der Waals surface area contributed by atoms with Gasteiger partial charge in [0.15, 0.2) is 0 Å². The summed E-state index contributed by atoms with van der Waals surface area (Å²) in [5.41, 5.74) is -2.36. The molecule has 1 aromatic carbocycles. The van der Waals surface area contributed by atoms with E-state index in [1.807, 2.05) is 25.1 Å². The second-order valence-electron chi connectivity index (χ2n) is 4.38. The van der Waals surface area contributed by atoms with Crippen molar-refractivity contribution < 1.29 is 22.6 Å². The Balaban J connectivity index is 2.51. The highest BCUT2D eigenvalue weighted by atomic mass is 32.2. The first-order chi connectivity index (χ1) is 9.94. The molecule has 120 valence electrons. The van der Waals surface area contributed by atoms with Crippen LogP contribution in [0, 0.1) is 6.92 Å². The first kappa shape index (κ1) is 18.1. The zero-order valence-corrected chi connectivity index (χ0v) is 12.9. The Hall–Kier alpha value is -0.920. The summed E-state index contributed by atoms with van der Waals surface area (Å²) in [4.78, 5) is 0. The van der Waals surface area contributed by atoms with Gasteiger partial charge in [-0.1, -0.05) is 18.2 Å². The second-order valence-corrected chi connectivity index (χ2v) is 5.54. The van der Waals surface area contributed by atoms with Gasteiger partial charge in [-0.15, -0.1) is 0 Å². The maximum absolute atomic E-state index is 12.1. The monoisotopic (exact) mass is 323 g/mol. The van der Waals surface area contributed by atoms with Crippen LogP contribution in [0.2, 0.25) is 0 Å².